The molecule has 310 valence electrons. The Morgan fingerprint density at radius 1 is 1.11 bits per heavy atom. The lowest BCUT2D eigenvalue weighted by molar-refractivity contribution is -0.156. The first-order valence-electron chi connectivity index (χ1n) is 20.2. The minimum absolute atomic E-state index is 0.0762. The maximum atomic E-state index is 14.8. The second kappa shape index (κ2) is 16.8. The molecule has 0 spiro atoms. The first-order chi connectivity index (χ1) is 26.9. The molecule has 2 N–H and O–H groups in total. The normalized spacial score (nSPS) is 24.1. The molecule has 3 aliphatic rings. The zero-order chi connectivity index (χ0) is 41.4. The maximum Gasteiger partial charge on any atom is 0.306 e. The summed E-state index contributed by atoms with van der Waals surface area (Å²) in [6.45, 7) is 17.2. The van der Waals surface area contributed by atoms with Gasteiger partial charge in [0.15, 0.2) is 10.9 Å². The quantitative estimate of drug-likeness (QED) is 0.0810. The van der Waals surface area contributed by atoms with Crippen molar-refractivity contribution in [1.29, 1.82) is 0 Å². The summed E-state index contributed by atoms with van der Waals surface area (Å²) in [6, 6.07) is 6.61. The first-order valence-corrected chi connectivity index (χ1v) is 22.8. The molecule has 14 heteroatoms. The molecular formula is C43H59N4O8PS. The number of carbonyl (C=O) groups is 3. The van der Waals surface area contributed by atoms with Gasteiger partial charge in [0, 0.05) is 47.4 Å². The molecule has 57 heavy (non-hydrogen) atoms. The van der Waals surface area contributed by atoms with E-state index in [0.29, 0.717) is 40.2 Å². The number of carbonyl (C=O) groups excluding carboxylic acids is 3. The van der Waals surface area contributed by atoms with Crippen molar-refractivity contribution in [2.75, 3.05) is 19.0 Å². The maximum absolute atomic E-state index is 14.8. The summed E-state index contributed by atoms with van der Waals surface area (Å²) in [7, 11) is -2.22. The number of pyridine rings is 1. The molecule has 0 radical (unpaired) electrons. The number of likely N-dealkylation sites (tertiary alicyclic amines) is 1. The second-order valence-corrected chi connectivity index (χ2v) is 21.8. The van der Waals surface area contributed by atoms with Crippen LogP contribution >= 0.6 is 18.7 Å². The number of nitrogens with one attached hydrogen (secondary N) is 1. The monoisotopic (exact) mass is 822 g/mol. The number of methoxy groups -OCH3 is 1. The molecule has 1 aromatic carbocycles. The zero-order valence-electron chi connectivity index (χ0n) is 34.6. The summed E-state index contributed by atoms with van der Waals surface area (Å²) in [5.41, 5.74) is 0.681. The molecule has 3 heterocycles. The van der Waals surface area contributed by atoms with Crippen LogP contribution in [0.2, 0.25) is 0 Å². The molecule has 6 atom stereocenters. The van der Waals surface area contributed by atoms with Crippen LogP contribution in [0.4, 0.5) is 5.13 Å². The predicted octanol–water partition coefficient (Wildman–Crippen LogP) is 8.66. The highest BCUT2D eigenvalue weighted by Crippen LogP contribution is 2.74. The van der Waals surface area contributed by atoms with Gasteiger partial charge < -0.3 is 29.3 Å². The third-order valence-corrected chi connectivity index (χ3v) is 16.0. The van der Waals surface area contributed by atoms with Crippen molar-refractivity contribution in [1.82, 2.24) is 14.9 Å². The van der Waals surface area contributed by atoms with Gasteiger partial charge in [-0.15, -0.1) is 17.9 Å². The van der Waals surface area contributed by atoms with Gasteiger partial charge in [-0.3, -0.25) is 18.9 Å². The van der Waals surface area contributed by atoms with E-state index in [-0.39, 0.29) is 55.6 Å². The molecule has 0 bridgehead atoms. The van der Waals surface area contributed by atoms with E-state index in [9.17, 15) is 23.8 Å². The molecule has 3 fully saturated rings. The van der Waals surface area contributed by atoms with E-state index in [1.807, 2.05) is 64.3 Å². The number of aromatic nitrogens is 2. The summed E-state index contributed by atoms with van der Waals surface area (Å²) in [6.07, 6.45) is 4.80. The highest BCUT2D eigenvalue weighted by molar-refractivity contribution is 7.60. The molecule has 6 rings (SSSR count). The number of hydrogen-bond donors (Lipinski definition) is 2. The molecule has 1 saturated heterocycles. The van der Waals surface area contributed by atoms with E-state index in [0.717, 1.165) is 30.8 Å². The average Bonchev–Trinajstić information content (AvgIpc) is 3.55. The standard InChI is InChI=1S/C43H59N4O8PS/c1-10-27-21-43(27,56(51,52)26(4)5)22-37(48)36-18-30(23-47(36)40(50)32(42(6,7)8)19-39(49)55-28-13-11-12-14-28)54-38-20-34(35-24-57-41(46-35)44-25(2)3)45-33-17-29(53-9)15-16-31(33)38/h10,15-17,20,24-28,30,32,36H,1,11-14,18-19,21-23H2,2-9H3,(H,44,46)(H,51,52)/t27-,30-,32-,36+,43-/m1/s1. The molecule has 1 unspecified atom stereocenters. The highest BCUT2D eigenvalue weighted by atomic mass is 32.1. The van der Waals surface area contributed by atoms with Crippen molar-refractivity contribution in [2.24, 2.45) is 17.3 Å². The molecule has 2 saturated carbocycles. The Balaban J connectivity index is 1.35. The fourth-order valence-electron chi connectivity index (χ4n) is 8.46. The Bertz CT molecular complexity index is 2040. The van der Waals surface area contributed by atoms with E-state index in [1.54, 1.807) is 31.9 Å². The van der Waals surface area contributed by atoms with Crippen LogP contribution in [0.1, 0.15) is 99.8 Å². The lowest BCUT2D eigenvalue weighted by atomic mass is 9.77. The van der Waals surface area contributed by atoms with Crippen LogP contribution in [0.3, 0.4) is 0 Å². The summed E-state index contributed by atoms with van der Waals surface area (Å²) in [4.78, 5) is 65.4. The molecular weight excluding hydrogens is 764 g/mol. The molecule has 1 amide bonds. The smallest absolute Gasteiger partial charge is 0.306 e. The number of ether oxygens (including phenoxy) is 3. The SMILES string of the molecule is C=C[C@@H]1C[C@]1(CC(=O)[C@@H]1C[C@@H](Oc2cc(-c3csc(NC(C)C)n3)nc3cc(OC)ccc23)CN1C(=O)[C@@H](CC(=O)OC1CCCC1)C(C)(C)C)P(=O)(O)C(C)C. The van der Waals surface area contributed by atoms with Crippen LogP contribution < -0.4 is 14.8 Å². The number of hydrogen-bond acceptors (Lipinski definition) is 11. The zero-order valence-corrected chi connectivity index (χ0v) is 36.3. The third-order valence-electron chi connectivity index (χ3n) is 11.9. The van der Waals surface area contributed by atoms with Crippen molar-refractivity contribution >= 4 is 52.4 Å². The number of ketones is 1. The van der Waals surface area contributed by atoms with Crippen LogP contribution in [0.15, 0.2) is 42.3 Å². The molecule has 2 aromatic heterocycles. The number of allylic oxidation sites excluding steroid dienone is 1. The van der Waals surface area contributed by atoms with E-state index in [2.05, 4.69) is 11.9 Å². The number of Topliss-reactive ketones (excluding diaryl/α,β-unsaturated/α-hetero) is 1. The number of fused-ring (bicyclic) bond motifs is 1. The molecule has 3 aromatic rings. The van der Waals surface area contributed by atoms with Gasteiger partial charge >= 0.3 is 5.97 Å². The molecule has 2 aliphatic carbocycles. The van der Waals surface area contributed by atoms with Crippen LogP contribution in [0, 0.1) is 17.3 Å². The third kappa shape index (κ3) is 9.10. The summed E-state index contributed by atoms with van der Waals surface area (Å²) >= 11 is 1.48. The van der Waals surface area contributed by atoms with Gasteiger partial charge in [0.2, 0.25) is 13.3 Å². The van der Waals surface area contributed by atoms with Crippen LogP contribution in [0.25, 0.3) is 22.3 Å². The Morgan fingerprint density at radius 2 is 1.82 bits per heavy atom. The van der Waals surface area contributed by atoms with Gasteiger partial charge in [-0.05, 0) is 69.4 Å². The number of nitrogens with zero attached hydrogens (tertiary/aromatic N) is 3. The van der Waals surface area contributed by atoms with Crippen LogP contribution in [-0.2, 0) is 23.7 Å². The number of esters is 1. The Labute approximate surface area is 340 Å². The lowest BCUT2D eigenvalue weighted by Crippen LogP contribution is -2.48. The minimum Gasteiger partial charge on any atom is -0.497 e. The fourth-order valence-corrected chi connectivity index (χ4v) is 11.8. The highest BCUT2D eigenvalue weighted by Gasteiger charge is 2.66. The number of thiazole rings is 1. The van der Waals surface area contributed by atoms with E-state index >= 15 is 0 Å². The summed E-state index contributed by atoms with van der Waals surface area (Å²) < 4.78 is 32.0. The minimum atomic E-state index is -3.81. The Morgan fingerprint density at radius 3 is 2.44 bits per heavy atom. The predicted molar refractivity (Wildman–Crippen MR) is 224 cm³/mol. The largest absolute Gasteiger partial charge is 0.497 e. The fraction of sp³-hybridized carbons (Fsp3) is 0.605. The van der Waals surface area contributed by atoms with Gasteiger partial charge in [0.05, 0.1) is 48.4 Å². The van der Waals surface area contributed by atoms with Gasteiger partial charge in [-0.1, -0.05) is 40.7 Å². The van der Waals surface area contributed by atoms with Crippen molar-refractivity contribution in [3.8, 4) is 22.9 Å². The van der Waals surface area contributed by atoms with Gasteiger partial charge in [-0.2, -0.15) is 0 Å². The summed E-state index contributed by atoms with van der Waals surface area (Å²) in [5.74, 6) is -1.00. The number of rotatable bonds is 16. The number of anilines is 1. The Hall–Kier alpha value is -3.80. The number of benzene rings is 1. The van der Waals surface area contributed by atoms with E-state index in [1.165, 1.54) is 11.3 Å². The van der Waals surface area contributed by atoms with Crippen molar-refractivity contribution in [3.05, 3.63) is 42.3 Å². The first kappa shape index (κ1) is 42.8. The average molecular weight is 823 g/mol. The number of amides is 1. The van der Waals surface area contributed by atoms with Crippen molar-refractivity contribution < 1.29 is 38.1 Å². The van der Waals surface area contributed by atoms with Gasteiger partial charge in [-0.25, -0.2) is 9.97 Å². The van der Waals surface area contributed by atoms with Crippen molar-refractivity contribution in [3.63, 3.8) is 0 Å². The molecule has 12 nitrogen and oxygen atoms in total. The van der Waals surface area contributed by atoms with Crippen LogP contribution in [0.5, 0.6) is 11.5 Å². The molecule has 1 aliphatic heterocycles. The van der Waals surface area contributed by atoms with E-state index in [4.69, 9.17) is 24.2 Å². The lowest BCUT2D eigenvalue weighted by Gasteiger charge is -2.35. The van der Waals surface area contributed by atoms with Crippen molar-refractivity contribution in [2.45, 2.75) is 135 Å². The van der Waals surface area contributed by atoms with Gasteiger partial charge in [0.25, 0.3) is 0 Å². The van der Waals surface area contributed by atoms with Gasteiger partial charge in [0.1, 0.15) is 29.4 Å². The second-order valence-electron chi connectivity index (χ2n) is 17.7. The Kier molecular flexibility index (Phi) is 12.6. The topological polar surface area (TPSA) is 157 Å². The summed E-state index contributed by atoms with van der Waals surface area (Å²) in [5, 5.41) is 5.62. The van der Waals surface area contributed by atoms with Crippen LogP contribution in [-0.4, -0.2) is 86.2 Å². The van der Waals surface area contributed by atoms with E-state index < -0.39 is 47.6 Å².